The molecule has 0 aromatic carbocycles. The van der Waals surface area contributed by atoms with Crippen molar-refractivity contribution in [3.05, 3.63) is 17.8 Å². The lowest BCUT2D eigenvalue weighted by Crippen LogP contribution is -1.79. The van der Waals surface area contributed by atoms with Gasteiger partial charge >= 0.3 is 0 Å². The van der Waals surface area contributed by atoms with Gasteiger partial charge in [0.15, 0.2) is 11.6 Å². The second kappa shape index (κ2) is 2.47. The number of aryl methyl sites for hydroxylation is 1. The molecule has 0 aliphatic heterocycles. The summed E-state index contributed by atoms with van der Waals surface area (Å²) in [6, 6.07) is 3.26. The smallest absolute Gasteiger partial charge is 0.194 e. The first-order valence-corrected chi connectivity index (χ1v) is 2.87. The lowest BCUT2D eigenvalue weighted by Gasteiger charge is -1.96. The van der Waals surface area contributed by atoms with E-state index in [1.54, 1.807) is 12.1 Å². The maximum Gasteiger partial charge on any atom is 0.194 e. The van der Waals surface area contributed by atoms with Crippen LogP contribution in [0, 0.1) is 6.92 Å². The topological polar surface area (TPSA) is 45.5 Å². The highest BCUT2D eigenvalue weighted by atomic mass is 16.3. The van der Waals surface area contributed by atoms with E-state index >= 15 is 0 Å². The Bertz CT molecular complexity index is 258. The Kier molecular flexibility index (Phi) is 1.67. The Hall–Kier alpha value is -1.38. The monoisotopic (exact) mass is 136 g/mol. The number of nitrogens with zero attached hydrogens (tertiary/aromatic N) is 2. The van der Waals surface area contributed by atoms with Gasteiger partial charge in [0.2, 0.25) is 0 Å². The molecule has 0 fully saturated rings. The van der Waals surface area contributed by atoms with Gasteiger partial charge in [0.25, 0.3) is 0 Å². The van der Waals surface area contributed by atoms with Crippen molar-refractivity contribution < 1.29 is 5.11 Å². The maximum absolute atomic E-state index is 9.04. The summed E-state index contributed by atoms with van der Waals surface area (Å²) in [5, 5.41) is 9.04. The molecule has 0 radical (unpaired) electrons. The zero-order valence-electron chi connectivity index (χ0n) is 5.70. The zero-order chi connectivity index (χ0) is 7.56. The zero-order valence-corrected chi connectivity index (χ0v) is 5.70. The first kappa shape index (κ1) is 6.74. The van der Waals surface area contributed by atoms with Crippen LogP contribution < -0.4 is 0 Å². The summed E-state index contributed by atoms with van der Waals surface area (Å²) in [5.41, 5.74) is 0.820. The fourth-order valence-electron chi connectivity index (χ4n) is 0.652. The molecule has 0 amide bonds. The van der Waals surface area contributed by atoms with Gasteiger partial charge in [0.1, 0.15) is 0 Å². The first-order chi connectivity index (χ1) is 4.74. The number of pyridine rings is 1. The highest BCUT2D eigenvalue weighted by Gasteiger charge is 1.97. The second-order valence-corrected chi connectivity index (χ2v) is 1.95. The van der Waals surface area contributed by atoms with Crippen LogP contribution in [0.1, 0.15) is 5.69 Å². The molecule has 0 saturated carbocycles. The molecule has 1 heterocycles. The molecule has 10 heavy (non-hydrogen) atoms. The van der Waals surface area contributed by atoms with Gasteiger partial charge in [-0.15, -0.1) is 0 Å². The van der Waals surface area contributed by atoms with Crippen molar-refractivity contribution in [3.8, 4) is 5.75 Å². The highest BCUT2D eigenvalue weighted by Crippen LogP contribution is 2.21. The Morgan fingerprint density at radius 1 is 1.60 bits per heavy atom. The van der Waals surface area contributed by atoms with Gasteiger partial charge in [0, 0.05) is 5.69 Å². The molecule has 3 nitrogen and oxygen atoms in total. The quantitative estimate of drug-likeness (QED) is 0.593. The molecular weight excluding hydrogens is 128 g/mol. The molecule has 0 spiro atoms. The SMILES string of the molecule is C=Nc1nc(C)ccc1O. The molecule has 0 aliphatic carbocycles. The van der Waals surface area contributed by atoms with Gasteiger partial charge in [-0.3, -0.25) is 0 Å². The summed E-state index contributed by atoms with van der Waals surface area (Å²) in [4.78, 5) is 7.43. The fraction of sp³-hybridized carbons (Fsp3) is 0.143. The van der Waals surface area contributed by atoms with Crippen LogP contribution in [0.2, 0.25) is 0 Å². The molecule has 1 rings (SSSR count). The number of aromatic nitrogens is 1. The minimum atomic E-state index is 0.0700. The largest absolute Gasteiger partial charge is 0.504 e. The van der Waals surface area contributed by atoms with E-state index in [2.05, 4.69) is 16.7 Å². The lowest BCUT2D eigenvalue weighted by molar-refractivity contribution is 0.474. The van der Waals surface area contributed by atoms with Gasteiger partial charge < -0.3 is 5.11 Å². The molecular formula is C7H8N2O. The van der Waals surface area contributed by atoms with Crippen molar-refractivity contribution in [2.45, 2.75) is 6.92 Å². The third kappa shape index (κ3) is 1.13. The Morgan fingerprint density at radius 2 is 2.30 bits per heavy atom. The molecule has 0 saturated heterocycles. The van der Waals surface area contributed by atoms with Gasteiger partial charge in [0.05, 0.1) is 0 Å². The van der Waals surface area contributed by atoms with E-state index in [1.165, 1.54) is 0 Å². The summed E-state index contributed by atoms with van der Waals surface area (Å²) in [6.07, 6.45) is 0. The molecule has 0 aliphatic rings. The van der Waals surface area contributed by atoms with Crippen molar-refractivity contribution in [3.63, 3.8) is 0 Å². The van der Waals surface area contributed by atoms with Crippen molar-refractivity contribution >= 4 is 12.5 Å². The predicted molar refractivity (Wildman–Crippen MR) is 39.8 cm³/mol. The van der Waals surface area contributed by atoms with E-state index in [1.807, 2.05) is 6.92 Å². The summed E-state index contributed by atoms with van der Waals surface area (Å²) in [7, 11) is 0. The number of rotatable bonds is 1. The van der Waals surface area contributed by atoms with Gasteiger partial charge in [-0.05, 0) is 25.8 Å². The number of aliphatic imine (C=N–C) groups is 1. The number of hydrogen-bond donors (Lipinski definition) is 1. The van der Waals surface area contributed by atoms with Crippen LogP contribution in [-0.2, 0) is 0 Å². The van der Waals surface area contributed by atoms with Gasteiger partial charge in [-0.25, -0.2) is 9.98 Å². The average molecular weight is 136 g/mol. The molecule has 0 unspecified atom stereocenters. The summed E-state index contributed by atoms with van der Waals surface area (Å²) >= 11 is 0. The van der Waals surface area contributed by atoms with Crippen LogP contribution in [0.15, 0.2) is 17.1 Å². The van der Waals surface area contributed by atoms with Crippen molar-refractivity contribution in [1.29, 1.82) is 0 Å². The minimum absolute atomic E-state index is 0.0700. The van der Waals surface area contributed by atoms with Crippen molar-refractivity contribution in [1.82, 2.24) is 4.98 Å². The van der Waals surface area contributed by atoms with E-state index in [0.717, 1.165) is 5.69 Å². The van der Waals surface area contributed by atoms with E-state index < -0.39 is 0 Å². The third-order valence-electron chi connectivity index (χ3n) is 1.14. The molecule has 0 bridgehead atoms. The van der Waals surface area contributed by atoms with Crippen LogP contribution in [0.25, 0.3) is 0 Å². The van der Waals surface area contributed by atoms with Crippen molar-refractivity contribution in [2.75, 3.05) is 0 Å². The van der Waals surface area contributed by atoms with Crippen LogP contribution in [0.5, 0.6) is 5.75 Å². The molecule has 1 aromatic rings. The summed E-state index contributed by atoms with van der Waals surface area (Å²) in [6.45, 7) is 5.09. The molecule has 1 aromatic heterocycles. The third-order valence-corrected chi connectivity index (χ3v) is 1.14. The van der Waals surface area contributed by atoms with E-state index in [0.29, 0.717) is 5.82 Å². The Labute approximate surface area is 59.1 Å². The van der Waals surface area contributed by atoms with Crippen LogP contribution in [0.3, 0.4) is 0 Å². The first-order valence-electron chi connectivity index (χ1n) is 2.87. The lowest BCUT2D eigenvalue weighted by atomic mass is 10.3. The number of hydrogen-bond acceptors (Lipinski definition) is 3. The Balaban J connectivity index is 3.21. The molecule has 0 atom stereocenters. The number of aromatic hydroxyl groups is 1. The van der Waals surface area contributed by atoms with Crippen LogP contribution in [-0.4, -0.2) is 16.8 Å². The minimum Gasteiger partial charge on any atom is -0.504 e. The molecule has 1 N–H and O–H groups in total. The summed E-state index contributed by atoms with van der Waals surface area (Å²) < 4.78 is 0. The second-order valence-electron chi connectivity index (χ2n) is 1.95. The van der Waals surface area contributed by atoms with Crippen LogP contribution >= 0.6 is 0 Å². The normalized spacial score (nSPS) is 9.30. The standard InChI is InChI=1S/C7H8N2O/c1-5-3-4-6(10)7(8-2)9-5/h3-4,10H,2H2,1H3. The van der Waals surface area contributed by atoms with Crippen molar-refractivity contribution in [2.24, 2.45) is 4.99 Å². The molecule has 52 valence electrons. The fourth-order valence-corrected chi connectivity index (χ4v) is 0.652. The highest BCUT2D eigenvalue weighted by molar-refractivity contribution is 5.49. The van der Waals surface area contributed by atoms with Gasteiger partial charge in [-0.1, -0.05) is 0 Å². The predicted octanol–water partition coefficient (Wildman–Crippen LogP) is 1.43. The average Bonchev–Trinajstić information content (AvgIpc) is 1.94. The van der Waals surface area contributed by atoms with E-state index in [-0.39, 0.29) is 5.75 Å². The van der Waals surface area contributed by atoms with Gasteiger partial charge in [-0.2, -0.15) is 0 Å². The Morgan fingerprint density at radius 3 is 2.80 bits per heavy atom. The maximum atomic E-state index is 9.04. The summed E-state index contributed by atoms with van der Waals surface area (Å²) in [5.74, 6) is 0.362. The van der Waals surface area contributed by atoms with Crippen LogP contribution in [0.4, 0.5) is 5.82 Å². The molecule has 3 heteroatoms. The van der Waals surface area contributed by atoms with E-state index in [4.69, 9.17) is 5.11 Å². The van der Waals surface area contributed by atoms with E-state index in [9.17, 15) is 0 Å².